The van der Waals surface area contributed by atoms with Crippen molar-refractivity contribution in [2.75, 3.05) is 7.11 Å². The maximum absolute atomic E-state index is 12.4. The average Bonchev–Trinajstić information content (AvgIpc) is 2.27. The van der Waals surface area contributed by atoms with Crippen LogP contribution in [0.25, 0.3) is 0 Å². The Balaban J connectivity index is 3.20. The van der Waals surface area contributed by atoms with Crippen molar-refractivity contribution >= 4 is 5.97 Å². The smallest absolute Gasteiger partial charge is 0.416 e. The lowest BCUT2D eigenvalue weighted by atomic mass is 9.94. The van der Waals surface area contributed by atoms with Crippen LogP contribution in [0, 0.1) is 0 Å². The van der Waals surface area contributed by atoms with Crippen molar-refractivity contribution in [2.45, 2.75) is 18.7 Å². The highest BCUT2D eigenvalue weighted by molar-refractivity contribution is 5.80. The monoisotopic (exact) mass is 248 g/mol. The molecule has 0 bridgehead atoms. The van der Waals surface area contributed by atoms with Gasteiger partial charge in [-0.15, -0.1) is 0 Å². The molecule has 0 aromatic heterocycles. The Hall–Kier alpha value is -1.56. The number of halogens is 3. The van der Waals surface area contributed by atoms with E-state index in [0.29, 0.717) is 0 Å². The van der Waals surface area contributed by atoms with Crippen LogP contribution >= 0.6 is 0 Å². The van der Waals surface area contributed by atoms with Crippen LogP contribution < -0.4 is 0 Å². The van der Waals surface area contributed by atoms with Crippen LogP contribution in [-0.2, 0) is 21.3 Å². The van der Waals surface area contributed by atoms with Gasteiger partial charge in [-0.25, -0.2) is 4.79 Å². The third kappa shape index (κ3) is 2.76. The summed E-state index contributed by atoms with van der Waals surface area (Å²) in [6.45, 7) is 1.08. The fraction of sp³-hybridized carbons (Fsp3) is 0.364. The van der Waals surface area contributed by atoms with E-state index in [0.717, 1.165) is 32.2 Å². The van der Waals surface area contributed by atoms with Gasteiger partial charge in [-0.2, -0.15) is 13.2 Å². The van der Waals surface area contributed by atoms with Crippen LogP contribution in [-0.4, -0.2) is 18.2 Å². The van der Waals surface area contributed by atoms with Gasteiger partial charge in [0, 0.05) is 0 Å². The Morgan fingerprint density at radius 2 is 1.82 bits per heavy atom. The van der Waals surface area contributed by atoms with Gasteiger partial charge in [0.05, 0.1) is 12.7 Å². The Bertz CT molecular complexity index is 424. The number of carbonyl (C=O) groups excluding carboxylic acids is 1. The van der Waals surface area contributed by atoms with Crippen molar-refractivity contribution in [3.05, 3.63) is 35.4 Å². The number of alkyl halides is 3. The molecule has 1 atom stereocenters. The second-order valence-corrected chi connectivity index (χ2v) is 3.64. The van der Waals surface area contributed by atoms with Gasteiger partial charge in [0.15, 0.2) is 5.60 Å². The van der Waals surface area contributed by atoms with Crippen molar-refractivity contribution in [1.29, 1.82) is 0 Å². The molecule has 1 aromatic carbocycles. The summed E-state index contributed by atoms with van der Waals surface area (Å²) in [7, 11) is 1.05. The fourth-order valence-corrected chi connectivity index (χ4v) is 1.31. The fourth-order valence-electron chi connectivity index (χ4n) is 1.31. The van der Waals surface area contributed by atoms with Crippen LogP contribution in [0.2, 0.25) is 0 Å². The first-order valence-electron chi connectivity index (χ1n) is 4.68. The van der Waals surface area contributed by atoms with Crippen molar-refractivity contribution in [3.8, 4) is 0 Å². The van der Waals surface area contributed by atoms with E-state index >= 15 is 0 Å². The van der Waals surface area contributed by atoms with Gasteiger partial charge in [0.2, 0.25) is 0 Å². The highest BCUT2D eigenvalue weighted by Gasteiger charge is 2.37. The van der Waals surface area contributed by atoms with E-state index in [1.165, 1.54) is 6.07 Å². The first kappa shape index (κ1) is 13.5. The molecule has 0 heterocycles. The second-order valence-electron chi connectivity index (χ2n) is 3.64. The van der Waals surface area contributed by atoms with Crippen molar-refractivity contribution in [3.63, 3.8) is 0 Å². The maximum atomic E-state index is 12.4. The van der Waals surface area contributed by atoms with Crippen LogP contribution in [0.1, 0.15) is 18.1 Å². The molecule has 0 radical (unpaired) electrons. The van der Waals surface area contributed by atoms with Gasteiger partial charge >= 0.3 is 12.1 Å². The summed E-state index contributed by atoms with van der Waals surface area (Å²) in [5.41, 5.74) is -3.20. The Morgan fingerprint density at radius 3 is 2.29 bits per heavy atom. The summed E-state index contributed by atoms with van der Waals surface area (Å²) in [6, 6.07) is 3.93. The number of methoxy groups -OCH3 is 1. The molecular formula is C11H11F3O3. The molecule has 3 nitrogen and oxygen atoms in total. The molecule has 17 heavy (non-hydrogen) atoms. The summed E-state index contributed by atoms with van der Waals surface area (Å²) >= 11 is 0. The number of ether oxygens (including phenoxy) is 1. The van der Waals surface area contributed by atoms with Gasteiger partial charge in [-0.05, 0) is 24.6 Å². The van der Waals surface area contributed by atoms with Crippen LogP contribution in [0.3, 0.4) is 0 Å². The van der Waals surface area contributed by atoms with E-state index in [4.69, 9.17) is 0 Å². The van der Waals surface area contributed by atoms with E-state index in [9.17, 15) is 23.1 Å². The minimum Gasteiger partial charge on any atom is -0.467 e. The molecule has 1 N–H and O–H groups in total. The number of hydrogen-bond donors (Lipinski definition) is 1. The van der Waals surface area contributed by atoms with E-state index in [2.05, 4.69) is 4.74 Å². The molecule has 0 spiro atoms. The molecule has 0 unspecified atom stereocenters. The number of aliphatic hydroxyl groups is 1. The molecule has 0 aliphatic carbocycles. The molecular weight excluding hydrogens is 237 g/mol. The zero-order chi connectivity index (χ0) is 13.3. The SMILES string of the molecule is COC(=O)[C@@](C)(O)c1cccc(C(F)(F)F)c1. The molecule has 1 aromatic rings. The van der Waals surface area contributed by atoms with E-state index < -0.39 is 23.3 Å². The molecule has 0 saturated carbocycles. The van der Waals surface area contributed by atoms with Crippen LogP contribution in [0.4, 0.5) is 13.2 Å². The molecule has 0 aliphatic heterocycles. The predicted octanol–water partition coefficient (Wildman–Crippen LogP) is 2.09. The van der Waals surface area contributed by atoms with Gasteiger partial charge in [0.25, 0.3) is 0 Å². The van der Waals surface area contributed by atoms with Gasteiger partial charge in [-0.1, -0.05) is 12.1 Å². The van der Waals surface area contributed by atoms with Gasteiger partial charge in [-0.3, -0.25) is 0 Å². The minimum absolute atomic E-state index is 0.167. The largest absolute Gasteiger partial charge is 0.467 e. The zero-order valence-electron chi connectivity index (χ0n) is 9.21. The lowest BCUT2D eigenvalue weighted by molar-refractivity contribution is -0.161. The molecule has 1 rings (SSSR count). The van der Waals surface area contributed by atoms with Crippen LogP contribution in [0.15, 0.2) is 24.3 Å². The van der Waals surface area contributed by atoms with E-state index in [1.807, 2.05) is 0 Å². The maximum Gasteiger partial charge on any atom is 0.416 e. The average molecular weight is 248 g/mol. The van der Waals surface area contributed by atoms with Gasteiger partial charge in [0.1, 0.15) is 0 Å². The highest BCUT2D eigenvalue weighted by Crippen LogP contribution is 2.32. The zero-order valence-corrected chi connectivity index (χ0v) is 9.21. The second kappa shape index (κ2) is 4.37. The van der Waals surface area contributed by atoms with E-state index in [1.54, 1.807) is 0 Å². The molecule has 0 fully saturated rings. The summed E-state index contributed by atoms with van der Waals surface area (Å²) < 4.78 is 41.6. The third-order valence-electron chi connectivity index (χ3n) is 2.33. The molecule has 0 aliphatic rings. The Morgan fingerprint density at radius 1 is 1.29 bits per heavy atom. The summed E-state index contributed by atoms with van der Waals surface area (Å²) in [5.74, 6) is -1.02. The molecule has 0 amide bonds. The van der Waals surface area contributed by atoms with Crippen molar-refractivity contribution in [1.82, 2.24) is 0 Å². The lowest BCUT2D eigenvalue weighted by Crippen LogP contribution is -2.33. The summed E-state index contributed by atoms with van der Waals surface area (Å²) in [5, 5.41) is 9.80. The summed E-state index contributed by atoms with van der Waals surface area (Å²) in [4.78, 5) is 11.2. The minimum atomic E-state index is -4.53. The lowest BCUT2D eigenvalue weighted by Gasteiger charge is -2.21. The number of esters is 1. The number of benzene rings is 1. The Kier molecular flexibility index (Phi) is 3.47. The number of rotatable bonds is 2. The molecule has 94 valence electrons. The van der Waals surface area contributed by atoms with Crippen LogP contribution in [0.5, 0.6) is 0 Å². The first-order valence-corrected chi connectivity index (χ1v) is 4.68. The van der Waals surface area contributed by atoms with Gasteiger partial charge < -0.3 is 9.84 Å². The summed E-state index contributed by atoms with van der Waals surface area (Å²) in [6.07, 6.45) is -4.53. The normalized spacial score (nSPS) is 15.2. The topological polar surface area (TPSA) is 46.5 Å². The molecule has 0 saturated heterocycles. The highest BCUT2D eigenvalue weighted by atomic mass is 19.4. The first-order chi connectivity index (χ1) is 7.69. The predicted molar refractivity (Wildman–Crippen MR) is 53.0 cm³/mol. The molecule has 6 heteroatoms. The number of carbonyl (C=O) groups is 1. The Labute approximate surface area is 95.8 Å². The van der Waals surface area contributed by atoms with Crippen molar-refractivity contribution < 1.29 is 27.8 Å². The third-order valence-corrected chi connectivity index (χ3v) is 2.33. The van der Waals surface area contributed by atoms with E-state index in [-0.39, 0.29) is 5.56 Å². The number of hydrogen-bond acceptors (Lipinski definition) is 3. The van der Waals surface area contributed by atoms with Crippen molar-refractivity contribution in [2.24, 2.45) is 0 Å². The quantitative estimate of drug-likeness (QED) is 0.815. The standard InChI is InChI=1S/C11H11F3O3/c1-10(16,9(15)17-2)7-4-3-5-8(6-7)11(12,13)14/h3-6,16H,1-2H3/t10-/m0/s1.